The molecule has 0 saturated carbocycles. The third kappa shape index (κ3) is 6.06. The Kier molecular flexibility index (Phi) is 8.72. The molecular weight excluding hydrogens is 364 g/mol. The summed E-state index contributed by atoms with van der Waals surface area (Å²) in [6.45, 7) is 16.4. The molecule has 2 heterocycles. The van der Waals surface area contributed by atoms with Crippen LogP contribution in [0.4, 0.5) is 0 Å². The molecule has 30 heavy (non-hydrogen) atoms. The predicted molar refractivity (Wildman–Crippen MR) is 130 cm³/mol. The van der Waals surface area contributed by atoms with Gasteiger partial charge in [-0.1, -0.05) is 73.7 Å². The Labute approximate surface area is 184 Å². The summed E-state index contributed by atoms with van der Waals surface area (Å²) in [5, 5.41) is 0. The van der Waals surface area contributed by atoms with Crippen LogP contribution in [0.5, 0.6) is 0 Å². The Balaban J connectivity index is 0.000000806. The number of nitrogens with zero attached hydrogens (tertiary/aromatic N) is 2. The fourth-order valence-electron chi connectivity index (χ4n) is 5.08. The van der Waals surface area contributed by atoms with E-state index < -0.39 is 0 Å². The van der Waals surface area contributed by atoms with E-state index in [0.29, 0.717) is 6.04 Å². The number of piperidine rings is 1. The molecule has 3 atom stereocenters. The van der Waals surface area contributed by atoms with Crippen molar-refractivity contribution in [2.24, 2.45) is 11.8 Å². The van der Waals surface area contributed by atoms with Crippen molar-refractivity contribution in [2.75, 3.05) is 32.7 Å². The summed E-state index contributed by atoms with van der Waals surface area (Å²) in [5.41, 5.74) is 2.99. The molecule has 2 nitrogen and oxygen atoms in total. The highest BCUT2D eigenvalue weighted by molar-refractivity contribution is 5.20. The first kappa shape index (κ1) is 22.8. The molecule has 0 amide bonds. The minimum atomic E-state index is 0.530. The van der Waals surface area contributed by atoms with Crippen LogP contribution in [-0.2, 0) is 0 Å². The molecule has 2 aliphatic rings. The van der Waals surface area contributed by atoms with Crippen molar-refractivity contribution in [3.63, 3.8) is 0 Å². The molecule has 0 aromatic heterocycles. The molecule has 2 unspecified atom stereocenters. The van der Waals surface area contributed by atoms with E-state index in [1.165, 1.54) is 56.7 Å². The summed E-state index contributed by atoms with van der Waals surface area (Å²) in [4.78, 5) is 5.43. The minimum absolute atomic E-state index is 0.530. The van der Waals surface area contributed by atoms with Crippen molar-refractivity contribution in [2.45, 2.75) is 45.6 Å². The first-order valence-corrected chi connectivity index (χ1v) is 11.8. The van der Waals surface area contributed by atoms with Crippen LogP contribution in [-0.4, -0.2) is 42.5 Å². The van der Waals surface area contributed by atoms with Gasteiger partial charge in [-0.05, 0) is 68.7 Å². The molecule has 0 radical (unpaired) electrons. The van der Waals surface area contributed by atoms with Crippen LogP contribution in [0.2, 0.25) is 0 Å². The zero-order chi connectivity index (χ0) is 21.3. The smallest absolute Gasteiger partial charge is 0.0320 e. The van der Waals surface area contributed by atoms with E-state index in [-0.39, 0.29) is 0 Å². The van der Waals surface area contributed by atoms with Gasteiger partial charge in [0.1, 0.15) is 0 Å². The van der Waals surface area contributed by atoms with Gasteiger partial charge in [-0.25, -0.2) is 0 Å². The average Bonchev–Trinajstić information content (AvgIpc) is 3.15. The summed E-state index contributed by atoms with van der Waals surface area (Å²) < 4.78 is 0. The Morgan fingerprint density at radius 2 is 1.53 bits per heavy atom. The van der Waals surface area contributed by atoms with Crippen molar-refractivity contribution >= 4 is 0 Å². The van der Waals surface area contributed by atoms with Crippen LogP contribution in [0.25, 0.3) is 0 Å². The van der Waals surface area contributed by atoms with Crippen LogP contribution < -0.4 is 0 Å². The molecule has 2 aromatic carbocycles. The van der Waals surface area contributed by atoms with Crippen LogP contribution in [0.15, 0.2) is 73.3 Å². The van der Waals surface area contributed by atoms with Crippen LogP contribution >= 0.6 is 0 Å². The number of likely N-dealkylation sites (tertiary alicyclic amines) is 2. The van der Waals surface area contributed by atoms with Crippen LogP contribution in [0, 0.1) is 11.8 Å². The SMILES string of the molecule is C=CC.CC1CN(C(C)c2ccccc2)C[C@@H]1CN1CCC(c2ccccc2)CC1. The first-order valence-electron chi connectivity index (χ1n) is 11.8. The van der Waals surface area contributed by atoms with Gasteiger partial charge in [0.25, 0.3) is 0 Å². The molecule has 0 spiro atoms. The maximum Gasteiger partial charge on any atom is 0.0320 e. The lowest BCUT2D eigenvalue weighted by molar-refractivity contribution is 0.169. The highest BCUT2D eigenvalue weighted by Gasteiger charge is 2.34. The largest absolute Gasteiger partial charge is 0.303 e. The van der Waals surface area contributed by atoms with Gasteiger partial charge in [0.2, 0.25) is 0 Å². The van der Waals surface area contributed by atoms with Gasteiger partial charge in [0.15, 0.2) is 0 Å². The fourth-order valence-corrected chi connectivity index (χ4v) is 5.08. The van der Waals surface area contributed by atoms with Crippen molar-refractivity contribution in [3.8, 4) is 0 Å². The average molecular weight is 405 g/mol. The van der Waals surface area contributed by atoms with E-state index in [2.05, 4.69) is 90.9 Å². The van der Waals surface area contributed by atoms with E-state index >= 15 is 0 Å². The topological polar surface area (TPSA) is 6.48 Å². The standard InChI is InChI=1S/C25H34N2.C3H6/c1-20-17-27(21(2)22-9-5-3-6-10-22)19-25(20)18-26-15-13-24(14-16-26)23-11-7-4-8-12-23;1-3-2/h3-12,20-21,24-25H,13-19H2,1-2H3;3H,1H2,2H3/t20?,21?,25-;/m0./s1. The second kappa shape index (κ2) is 11.5. The van der Waals surface area contributed by atoms with Crippen LogP contribution in [0.1, 0.15) is 56.7 Å². The Hall–Kier alpha value is -1.90. The molecule has 2 saturated heterocycles. The normalized spacial score (nSPS) is 24.1. The van der Waals surface area contributed by atoms with Gasteiger partial charge < -0.3 is 4.90 Å². The summed E-state index contributed by atoms with van der Waals surface area (Å²) in [6, 6.07) is 22.6. The second-order valence-corrected chi connectivity index (χ2v) is 9.17. The van der Waals surface area contributed by atoms with Gasteiger partial charge >= 0.3 is 0 Å². The van der Waals surface area contributed by atoms with Crippen molar-refractivity contribution in [1.29, 1.82) is 0 Å². The summed E-state index contributed by atoms with van der Waals surface area (Å²) in [6.07, 6.45) is 4.38. The van der Waals surface area contributed by atoms with Crippen molar-refractivity contribution < 1.29 is 0 Å². The maximum absolute atomic E-state index is 3.36. The van der Waals surface area contributed by atoms with Crippen molar-refractivity contribution in [3.05, 3.63) is 84.4 Å². The highest BCUT2D eigenvalue weighted by Crippen LogP contribution is 2.33. The molecule has 4 rings (SSSR count). The molecule has 2 aromatic rings. The monoisotopic (exact) mass is 404 g/mol. The summed E-state index contributed by atoms with van der Waals surface area (Å²) in [5.74, 6) is 2.37. The molecule has 2 aliphatic heterocycles. The van der Waals surface area contributed by atoms with E-state index in [0.717, 1.165) is 17.8 Å². The maximum atomic E-state index is 3.36. The van der Waals surface area contributed by atoms with Gasteiger partial charge in [-0.15, -0.1) is 6.58 Å². The predicted octanol–water partition coefficient (Wildman–Crippen LogP) is 6.39. The third-order valence-electron chi connectivity index (χ3n) is 6.98. The zero-order valence-corrected chi connectivity index (χ0v) is 19.2. The van der Waals surface area contributed by atoms with Gasteiger partial charge in [0.05, 0.1) is 0 Å². The lowest BCUT2D eigenvalue weighted by Gasteiger charge is -2.34. The zero-order valence-electron chi connectivity index (χ0n) is 19.2. The molecule has 2 fully saturated rings. The lowest BCUT2D eigenvalue weighted by Crippen LogP contribution is -2.38. The molecule has 162 valence electrons. The number of hydrogen-bond donors (Lipinski definition) is 0. The summed E-state index contributed by atoms with van der Waals surface area (Å²) >= 11 is 0. The second-order valence-electron chi connectivity index (χ2n) is 9.17. The quantitative estimate of drug-likeness (QED) is 0.533. The molecule has 0 N–H and O–H groups in total. The third-order valence-corrected chi connectivity index (χ3v) is 6.98. The first-order chi connectivity index (χ1) is 14.6. The highest BCUT2D eigenvalue weighted by atomic mass is 15.2. The molecule has 2 heteroatoms. The van der Waals surface area contributed by atoms with Gasteiger partial charge in [-0.2, -0.15) is 0 Å². The number of rotatable bonds is 5. The Morgan fingerprint density at radius 1 is 0.967 bits per heavy atom. The van der Waals surface area contributed by atoms with E-state index in [1.54, 1.807) is 6.08 Å². The van der Waals surface area contributed by atoms with Crippen molar-refractivity contribution in [1.82, 2.24) is 9.80 Å². The Morgan fingerprint density at radius 3 is 2.13 bits per heavy atom. The molecular formula is C28H40N2. The van der Waals surface area contributed by atoms with E-state index in [9.17, 15) is 0 Å². The van der Waals surface area contributed by atoms with E-state index in [4.69, 9.17) is 0 Å². The Bertz CT molecular complexity index is 734. The fraction of sp³-hybridized carbons (Fsp3) is 0.500. The van der Waals surface area contributed by atoms with Crippen LogP contribution in [0.3, 0.4) is 0 Å². The van der Waals surface area contributed by atoms with Gasteiger partial charge in [-0.3, -0.25) is 4.90 Å². The number of allylic oxidation sites excluding steroid dienone is 1. The lowest BCUT2D eigenvalue weighted by atomic mass is 9.88. The summed E-state index contributed by atoms with van der Waals surface area (Å²) in [7, 11) is 0. The minimum Gasteiger partial charge on any atom is -0.303 e. The van der Waals surface area contributed by atoms with Gasteiger partial charge in [0, 0.05) is 25.7 Å². The van der Waals surface area contributed by atoms with E-state index in [1.807, 2.05) is 6.92 Å². The number of hydrogen-bond acceptors (Lipinski definition) is 2. The molecule has 0 bridgehead atoms. The number of benzene rings is 2. The molecule has 0 aliphatic carbocycles.